The van der Waals surface area contributed by atoms with Crippen molar-refractivity contribution in [3.05, 3.63) is 64.6 Å². The van der Waals surface area contributed by atoms with E-state index in [2.05, 4.69) is 28.5 Å². The Kier molecular flexibility index (Phi) is 14.2. The van der Waals surface area contributed by atoms with Crippen LogP contribution < -0.4 is 15.4 Å². The van der Waals surface area contributed by atoms with E-state index in [0.717, 1.165) is 35.2 Å². The fraction of sp³-hybridized carbons (Fsp3) is 0.438. The standard InChI is InChI=1S/C32H44N6O5S3/c1-7-10-22(2)44-45-29(23(3)38(21-39)20-25-19-34-24(4)36-32(25)33)16-18-43-31(40)15-17-35-46(41,42)30-14-9-11-26-27(30)12-8-13-28(26)37(5)6/h8-9,11-14,19,21-22,35H,7,10,15-18,20H2,1-6H3,(H2,33,34,36). The number of rotatable bonds is 18. The molecule has 3 N–H and O–H groups in total. The molecule has 2 aromatic carbocycles. The highest BCUT2D eigenvalue weighted by atomic mass is 33.1. The smallest absolute Gasteiger partial charge is 0.307 e. The Morgan fingerprint density at radius 1 is 1.15 bits per heavy atom. The van der Waals surface area contributed by atoms with Crippen molar-refractivity contribution in [3.63, 3.8) is 0 Å². The number of ether oxygens (including phenoxy) is 1. The maximum Gasteiger partial charge on any atom is 0.307 e. The van der Waals surface area contributed by atoms with Crippen LogP contribution in [0, 0.1) is 6.92 Å². The molecule has 1 amide bonds. The monoisotopic (exact) mass is 688 g/mol. The van der Waals surface area contributed by atoms with Crippen molar-refractivity contribution >= 4 is 66.3 Å². The average molecular weight is 689 g/mol. The number of nitrogens with two attached hydrogens (primary N) is 1. The molecule has 0 aliphatic carbocycles. The topological polar surface area (TPSA) is 148 Å². The first-order valence-electron chi connectivity index (χ1n) is 15.0. The van der Waals surface area contributed by atoms with Gasteiger partial charge in [0.15, 0.2) is 0 Å². The molecule has 1 unspecified atom stereocenters. The molecule has 0 radical (unpaired) electrons. The third kappa shape index (κ3) is 10.3. The zero-order chi connectivity index (χ0) is 33.9. The Balaban J connectivity index is 1.63. The Morgan fingerprint density at radius 3 is 2.54 bits per heavy atom. The van der Waals surface area contributed by atoms with E-state index in [1.165, 1.54) is 0 Å². The van der Waals surface area contributed by atoms with E-state index < -0.39 is 16.0 Å². The highest BCUT2D eigenvalue weighted by molar-refractivity contribution is 8.78. The number of anilines is 2. The Bertz CT molecular complexity index is 1650. The van der Waals surface area contributed by atoms with E-state index in [9.17, 15) is 18.0 Å². The number of esters is 1. The fourth-order valence-corrected chi connectivity index (χ4v) is 8.68. The number of carbonyl (C=O) groups is 2. The summed E-state index contributed by atoms with van der Waals surface area (Å²) < 4.78 is 34.4. The van der Waals surface area contributed by atoms with E-state index in [0.29, 0.717) is 40.0 Å². The summed E-state index contributed by atoms with van der Waals surface area (Å²) in [5.74, 6) is 0.336. The third-order valence-electron chi connectivity index (χ3n) is 7.17. The van der Waals surface area contributed by atoms with Crippen LogP contribution in [0.2, 0.25) is 0 Å². The van der Waals surface area contributed by atoms with Crippen LogP contribution in [0.25, 0.3) is 10.8 Å². The fourth-order valence-electron chi connectivity index (χ4n) is 4.67. The second-order valence-corrected chi connectivity index (χ2v) is 15.5. The summed E-state index contributed by atoms with van der Waals surface area (Å²) in [6, 6.07) is 10.7. The van der Waals surface area contributed by atoms with Gasteiger partial charge in [-0.3, -0.25) is 9.59 Å². The van der Waals surface area contributed by atoms with Gasteiger partial charge in [0.25, 0.3) is 0 Å². The predicted octanol–water partition coefficient (Wildman–Crippen LogP) is 5.65. The predicted molar refractivity (Wildman–Crippen MR) is 189 cm³/mol. The lowest BCUT2D eigenvalue weighted by Crippen LogP contribution is -2.27. The highest BCUT2D eigenvalue weighted by Gasteiger charge is 2.20. The second kappa shape index (κ2) is 17.5. The van der Waals surface area contributed by atoms with Crippen LogP contribution in [0.4, 0.5) is 11.5 Å². The minimum Gasteiger partial charge on any atom is -0.465 e. The van der Waals surface area contributed by atoms with Crippen molar-refractivity contribution in [2.24, 2.45) is 0 Å². The first-order chi connectivity index (χ1) is 21.9. The Hall–Kier alpha value is -3.33. The van der Waals surface area contributed by atoms with E-state index in [4.69, 9.17) is 10.5 Å². The Labute approximate surface area is 280 Å². The number of carbonyl (C=O) groups excluding carboxylic acids is 2. The second-order valence-electron chi connectivity index (χ2n) is 11.0. The molecule has 3 aromatic rings. The van der Waals surface area contributed by atoms with Crippen molar-refractivity contribution in [3.8, 4) is 0 Å². The number of nitrogens with one attached hydrogen (secondary N) is 1. The van der Waals surface area contributed by atoms with Crippen LogP contribution in [0.15, 0.2) is 58.1 Å². The molecule has 1 aromatic heterocycles. The summed E-state index contributed by atoms with van der Waals surface area (Å²) in [7, 11) is 3.18. The quantitative estimate of drug-likeness (QED) is 0.0971. The molecule has 0 saturated heterocycles. The summed E-state index contributed by atoms with van der Waals surface area (Å²) in [5.41, 5.74) is 8.31. The molecule has 0 saturated carbocycles. The van der Waals surface area contributed by atoms with Gasteiger partial charge >= 0.3 is 5.97 Å². The van der Waals surface area contributed by atoms with Crippen LogP contribution in [0.5, 0.6) is 0 Å². The maximum atomic E-state index is 13.2. The lowest BCUT2D eigenvalue weighted by atomic mass is 10.1. The molecule has 3 rings (SSSR count). The van der Waals surface area contributed by atoms with E-state index >= 15 is 0 Å². The molecule has 0 aliphatic heterocycles. The minimum atomic E-state index is -3.88. The van der Waals surface area contributed by atoms with Gasteiger partial charge in [-0.05, 0) is 32.4 Å². The zero-order valence-corrected chi connectivity index (χ0v) is 29.7. The van der Waals surface area contributed by atoms with Gasteiger partial charge in [-0.2, -0.15) is 0 Å². The van der Waals surface area contributed by atoms with Gasteiger partial charge in [-0.1, -0.05) is 66.1 Å². The highest BCUT2D eigenvalue weighted by Crippen LogP contribution is 2.39. The van der Waals surface area contributed by atoms with Crippen molar-refractivity contribution in [1.29, 1.82) is 0 Å². The number of sulfonamides is 1. The zero-order valence-electron chi connectivity index (χ0n) is 27.3. The van der Waals surface area contributed by atoms with Gasteiger partial charge in [0.05, 0.1) is 24.5 Å². The van der Waals surface area contributed by atoms with E-state index in [-0.39, 0.29) is 31.0 Å². The van der Waals surface area contributed by atoms with Crippen LogP contribution >= 0.6 is 21.6 Å². The molecular formula is C32H44N6O5S3. The van der Waals surface area contributed by atoms with Gasteiger partial charge in [-0.25, -0.2) is 23.1 Å². The summed E-state index contributed by atoms with van der Waals surface area (Å²) in [6.07, 6.45) is 4.70. The normalized spacial score (nSPS) is 12.8. The Morgan fingerprint density at radius 2 is 1.87 bits per heavy atom. The van der Waals surface area contributed by atoms with Crippen molar-refractivity contribution < 1.29 is 22.7 Å². The van der Waals surface area contributed by atoms with Gasteiger partial charge in [-0.15, -0.1) is 0 Å². The molecule has 46 heavy (non-hydrogen) atoms. The molecule has 1 heterocycles. The lowest BCUT2D eigenvalue weighted by molar-refractivity contribution is -0.143. The molecule has 1 atom stereocenters. The van der Waals surface area contributed by atoms with E-state index in [1.807, 2.05) is 44.1 Å². The number of hydrogen-bond acceptors (Lipinski definition) is 11. The number of nitrogens with zero attached hydrogens (tertiary/aromatic N) is 4. The summed E-state index contributed by atoms with van der Waals surface area (Å²) in [4.78, 5) is 37.6. The van der Waals surface area contributed by atoms with Gasteiger partial charge in [0.1, 0.15) is 11.6 Å². The molecule has 0 aliphatic rings. The molecule has 0 fully saturated rings. The lowest BCUT2D eigenvalue weighted by Gasteiger charge is -2.23. The van der Waals surface area contributed by atoms with Crippen LogP contribution in [-0.4, -0.2) is 68.2 Å². The number of aromatic nitrogens is 2. The largest absolute Gasteiger partial charge is 0.465 e. The van der Waals surface area contributed by atoms with Crippen molar-refractivity contribution in [1.82, 2.24) is 19.6 Å². The van der Waals surface area contributed by atoms with Crippen LogP contribution in [-0.2, 0) is 30.9 Å². The third-order valence-corrected chi connectivity index (χ3v) is 11.9. The maximum absolute atomic E-state index is 13.2. The molecule has 11 nitrogen and oxygen atoms in total. The number of hydrogen-bond donors (Lipinski definition) is 2. The number of aryl methyl sites for hydroxylation is 1. The number of benzene rings is 2. The van der Waals surface area contributed by atoms with Gasteiger partial charge in [0, 0.05) is 71.1 Å². The van der Waals surface area contributed by atoms with Crippen LogP contribution in [0.1, 0.15) is 57.8 Å². The summed E-state index contributed by atoms with van der Waals surface area (Å²) >= 11 is 0. The van der Waals surface area contributed by atoms with Crippen molar-refractivity contribution in [2.45, 2.75) is 70.1 Å². The number of fused-ring (bicyclic) bond motifs is 1. The molecule has 0 spiro atoms. The molecule has 14 heteroatoms. The number of amides is 1. The molecule has 0 bridgehead atoms. The van der Waals surface area contributed by atoms with Gasteiger partial charge < -0.3 is 20.3 Å². The minimum absolute atomic E-state index is 0.0765. The first-order valence-corrected chi connectivity index (χ1v) is 18.7. The SMILES string of the molecule is CCCC(C)SSC(CCOC(=O)CCNS(=O)(=O)c1cccc2c(N(C)C)cccc12)=C(C)N(C=O)Cc1cnc(C)nc1N. The first kappa shape index (κ1) is 37.1. The van der Waals surface area contributed by atoms with Gasteiger partial charge in [0.2, 0.25) is 16.4 Å². The average Bonchev–Trinajstić information content (AvgIpc) is 3.01. The number of nitrogen functional groups attached to an aromatic ring is 1. The molecular weight excluding hydrogens is 645 g/mol. The molecule has 250 valence electrons. The van der Waals surface area contributed by atoms with Crippen molar-refractivity contribution in [2.75, 3.05) is 37.9 Å². The van der Waals surface area contributed by atoms with Crippen LogP contribution in [0.3, 0.4) is 0 Å². The van der Waals surface area contributed by atoms with E-state index in [1.54, 1.807) is 57.8 Å². The summed E-state index contributed by atoms with van der Waals surface area (Å²) in [5, 5.41) is 1.80. The number of allylic oxidation sites excluding steroid dienone is 1. The summed E-state index contributed by atoms with van der Waals surface area (Å²) in [6.45, 7) is 8.04.